The van der Waals surface area contributed by atoms with Crippen molar-refractivity contribution in [3.8, 4) is 0 Å². The number of nitrogens with one attached hydrogen (secondary N) is 2. The first-order valence-corrected chi connectivity index (χ1v) is 15.7. The van der Waals surface area contributed by atoms with Gasteiger partial charge in [-0.05, 0) is 43.5 Å². The molecule has 2 saturated heterocycles. The maximum absolute atomic E-state index is 12.6. The number of anilines is 2. The number of piperazine rings is 2. The Kier molecular flexibility index (Phi) is 13.1. The number of aliphatic hydroxyl groups excluding tert-OH is 2. The normalized spacial score (nSPS) is 18.6. The van der Waals surface area contributed by atoms with E-state index in [-0.39, 0.29) is 25.0 Å². The van der Waals surface area contributed by atoms with Crippen molar-refractivity contribution in [2.45, 2.75) is 33.0 Å². The molecule has 4 rings (SSSR count). The highest BCUT2D eigenvalue weighted by Crippen LogP contribution is 2.19. The Bertz CT molecular complexity index is 1190. The van der Waals surface area contributed by atoms with Crippen LogP contribution >= 0.6 is 0 Å². The van der Waals surface area contributed by atoms with Gasteiger partial charge in [0.25, 0.3) is 0 Å². The van der Waals surface area contributed by atoms with Gasteiger partial charge in [-0.3, -0.25) is 29.2 Å². The third-order valence-corrected chi connectivity index (χ3v) is 8.39. The number of benzene rings is 2. The summed E-state index contributed by atoms with van der Waals surface area (Å²) in [6, 6.07) is 13.7. The van der Waals surface area contributed by atoms with Crippen molar-refractivity contribution in [3.05, 3.63) is 59.2 Å². The molecule has 242 valence electrons. The van der Waals surface area contributed by atoms with E-state index in [1.54, 1.807) is 0 Å². The van der Waals surface area contributed by atoms with Crippen molar-refractivity contribution in [2.24, 2.45) is 0 Å². The first-order chi connectivity index (χ1) is 21.2. The number of β-amino-alcohol motifs (C(OH)–C–C–N with tert-alkyl or cyclic N) is 2. The highest BCUT2D eigenvalue weighted by atomic mass is 16.5. The predicted molar refractivity (Wildman–Crippen MR) is 173 cm³/mol. The smallest absolute Gasteiger partial charge is 0.238 e. The number of aryl methyl sites for hydroxylation is 3. The molecule has 0 radical (unpaired) electrons. The predicted octanol–water partition coefficient (Wildman–Crippen LogP) is 1.16. The molecule has 44 heavy (non-hydrogen) atoms. The number of rotatable bonds is 14. The maximum atomic E-state index is 12.6. The summed E-state index contributed by atoms with van der Waals surface area (Å²) in [6.07, 6.45) is -1.29. The zero-order valence-corrected chi connectivity index (χ0v) is 26.5. The lowest BCUT2D eigenvalue weighted by atomic mass is 10.1. The van der Waals surface area contributed by atoms with E-state index >= 15 is 0 Å². The van der Waals surface area contributed by atoms with E-state index in [4.69, 9.17) is 4.74 Å². The molecule has 0 saturated carbocycles. The highest BCUT2D eigenvalue weighted by molar-refractivity contribution is 5.94. The van der Waals surface area contributed by atoms with Gasteiger partial charge in [-0.15, -0.1) is 0 Å². The lowest BCUT2D eigenvalue weighted by Gasteiger charge is -2.35. The van der Waals surface area contributed by atoms with Crippen LogP contribution in [0, 0.1) is 20.8 Å². The van der Waals surface area contributed by atoms with Gasteiger partial charge in [0.1, 0.15) is 0 Å². The Morgan fingerprint density at radius 3 is 1.59 bits per heavy atom. The number of hydrogen-bond donors (Lipinski definition) is 4. The van der Waals surface area contributed by atoms with Crippen LogP contribution in [0.1, 0.15) is 16.7 Å². The molecule has 2 fully saturated rings. The standard InChI is InChI=1S/C33H50N6O5/c1-25-7-4-5-10-30(25)34-31(42)21-38-15-11-36(12-16-38)19-28(40)23-44-24-29(41)20-37-13-17-39(18-14-37)22-32(43)35-33-26(2)8-6-9-27(33)3/h4-10,28-29,40-41H,11-24H2,1-3H3,(H,34,42)(H,35,43). The SMILES string of the molecule is Cc1ccccc1NC(=O)CN1CCN(CC(O)COCC(O)CN2CCN(CC(=O)Nc3c(C)cccc3C)CC2)CC1. The molecule has 11 nitrogen and oxygen atoms in total. The monoisotopic (exact) mass is 610 g/mol. The minimum Gasteiger partial charge on any atom is -0.389 e. The molecular weight excluding hydrogens is 560 g/mol. The summed E-state index contributed by atoms with van der Waals surface area (Å²) in [5.74, 6) is -0.0241. The summed E-state index contributed by atoms with van der Waals surface area (Å²) >= 11 is 0. The second-order valence-corrected chi connectivity index (χ2v) is 12.2. The molecule has 0 aliphatic carbocycles. The Labute approximate surface area is 261 Å². The summed E-state index contributed by atoms with van der Waals surface area (Å²) in [7, 11) is 0. The van der Waals surface area contributed by atoms with Gasteiger partial charge in [-0.1, -0.05) is 36.4 Å². The van der Waals surface area contributed by atoms with Crippen molar-refractivity contribution < 1.29 is 24.5 Å². The van der Waals surface area contributed by atoms with Gasteiger partial charge in [0.2, 0.25) is 11.8 Å². The average Bonchev–Trinajstić information content (AvgIpc) is 2.98. The van der Waals surface area contributed by atoms with Gasteiger partial charge in [-0.25, -0.2) is 0 Å². The van der Waals surface area contributed by atoms with Crippen LogP contribution in [0.3, 0.4) is 0 Å². The largest absolute Gasteiger partial charge is 0.389 e. The van der Waals surface area contributed by atoms with Crippen LogP contribution in [0.4, 0.5) is 11.4 Å². The van der Waals surface area contributed by atoms with E-state index in [2.05, 4.69) is 30.2 Å². The molecule has 11 heteroatoms. The van der Waals surface area contributed by atoms with E-state index in [0.717, 1.165) is 80.4 Å². The molecule has 0 aromatic heterocycles. The second-order valence-electron chi connectivity index (χ2n) is 12.2. The zero-order valence-electron chi connectivity index (χ0n) is 26.5. The summed E-state index contributed by atoms with van der Waals surface area (Å²) in [6.45, 7) is 14.1. The van der Waals surface area contributed by atoms with Gasteiger partial charge in [0.15, 0.2) is 0 Å². The summed E-state index contributed by atoms with van der Waals surface area (Å²) in [4.78, 5) is 33.7. The molecule has 2 heterocycles. The highest BCUT2D eigenvalue weighted by Gasteiger charge is 2.23. The van der Waals surface area contributed by atoms with Crippen LogP contribution in [0.5, 0.6) is 0 Å². The summed E-state index contributed by atoms with van der Waals surface area (Å²) < 4.78 is 5.65. The first kappa shape index (κ1) is 34.0. The number of carbonyl (C=O) groups excluding carboxylic acids is 2. The molecule has 2 aromatic carbocycles. The number of carbonyl (C=O) groups is 2. The molecule has 0 spiro atoms. The fourth-order valence-electron chi connectivity index (χ4n) is 5.80. The Balaban J connectivity index is 1.04. The molecular formula is C33H50N6O5. The topological polar surface area (TPSA) is 121 Å². The molecule has 2 aromatic rings. The number of amides is 2. The molecule has 2 atom stereocenters. The van der Waals surface area contributed by atoms with Crippen LogP contribution in [0.25, 0.3) is 0 Å². The van der Waals surface area contributed by atoms with Gasteiger partial charge in [0, 0.05) is 76.8 Å². The van der Waals surface area contributed by atoms with Crippen LogP contribution in [0.15, 0.2) is 42.5 Å². The molecule has 4 N–H and O–H groups in total. The minimum atomic E-state index is -0.643. The zero-order chi connectivity index (χ0) is 31.5. The van der Waals surface area contributed by atoms with Crippen LogP contribution in [-0.2, 0) is 14.3 Å². The van der Waals surface area contributed by atoms with E-state index in [1.807, 2.05) is 63.2 Å². The van der Waals surface area contributed by atoms with Crippen molar-refractivity contribution in [2.75, 3.05) is 102 Å². The van der Waals surface area contributed by atoms with Crippen LogP contribution < -0.4 is 10.6 Å². The lowest BCUT2D eigenvalue weighted by molar-refractivity contribution is -0.118. The van der Waals surface area contributed by atoms with Crippen molar-refractivity contribution in [1.82, 2.24) is 19.6 Å². The quantitative estimate of drug-likeness (QED) is 0.250. The third kappa shape index (κ3) is 10.9. The molecule has 0 bridgehead atoms. The number of hydrogen-bond acceptors (Lipinski definition) is 9. The lowest BCUT2D eigenvalue weighted by Crippen LogP contribution is -2.51. The van der Waals surface area contributed by atoms with Gasteiger partial charge in [0.05, 0.1) is 38.5 Å². The number of nitrogens with zero attached hydrogens (tertiary/aromatic N) is 4. The number of aliphatic hydroxyl groups is 2. The van der Waals surface area contributed by atoms with E-state index in [0.29, 0.717) is 26.2 Å². The fourth-order valence-corrected chi connectivity index (χ4v) is 5.80. The van der Waals surface area contributed by atoms with E-state index in [1.165, 1.54) is 0 Å². The number of para-hydroxylation sites is 2. The fraction of sp³-hybridized carbons (Fsp3) is 0.576. The first-order valence-electron chi connectivity index (χ1n) is 15.7. The van der Waals surface area contributed by atoms with Crippen molar-refractivity contribution >= 4 is 23.2 Å². The van der Waals surface area contributed by atoms with Crippen molar-refractivity contribution in [1.29, 1.82) is 0 Å². The summed E-state index contributed by atoms with van der Waals surface area (Å²) in [5.41, 5.74) is 4.89. The third-order valence-electron chi connectivity index (χ3n) is 8.39. The average molecular weight is 611 g/mol. The Morgan fingerprint density at radius 2 is 1.09 bits per heavy atom. The van der Waals surface area contributed by atoms with Crippen molar-refractivity contribution in [3.63, 3.8) is 0 Å². The van der Waals surface area contributed by atoms with E-state index < -0.39 is 12.2 Å². The maximum Gasteiger partial charge on any atom is 0.238 e. The van der Waals surface area contributed by atoms with E-state index in [9.17, 15) is 19.8 Å². The summed E-state index contributed by atoms with van der Waals surface area (Å²) in [5, 5.41) is 27.0. The minimum absolute atomic E-state index is 0.00831. The van der Waals surface area contributed by atoms with Gasteiger partial charge in [-0.2, -0.15) is 0 Å². The van der Waals surface area contributed by atoms with Crippen LogP contribution in [-0.4, -0.2) is 146 Å². The second kappa shape index (κ2) is 17.0. The molecule has 2 amide bonds. The molecule has 2 aliphatic heterocycles. The molecule has 2 aliphatic rings. The molecule has 2 unspecified atom stereocenters. The Morgan fingerprint density at radius 1 is 0.659 bits per heavy atom. The van der Waals surface area contributed by atoms with Gasteiger partial charge < -0.3 is 25.6 Å². The van der Waals surface area contributed by atoms with Gasteiger partial charge >= 0.3 is 0 Å². The Hall–Kier alpha value is -2.90. The number of ether oxygens (including phenoxy) is 1. The van der Waals surface area contributed by atoms with Crippen LogP contribution in [0.2, 0.25) is 0 Å².